The minimum Gasteiger partial charge on any atom is -0.352 e. The number of rotatable bonds is 6. The third-order valence-electron chi connectivity index (χ3n) is 3.10. The first kappa shape index (κ1) is 14.6. The molecule has 0 radical (unpaired) electrons. The van der Waals surface area contributed by atoms with Gasteiger partial charge in [-0.15, -0.1) is 0 Å². The zero-order chi connectivity index (χ0) is 13.5. The van der Waals surface area contributed by atoms with Gasteiger partial charge in [0.2, 0.25) is 5.91 Å². The van der Waals surface area contributed by atoms with Gasteiger partial charge in [-0.2, -0.15) is 0 Å². The molecule has 0 fully saturated rings. The molecule has 1 heterocycles. The smallest absolute Gasteiger partial charge is 0.237 e. The number of pyridine rings is 1. The highest BCUT2D eigenvalue weighted by molar-refractivity contribution is 5.81. The number of aromatic nitrogens is 1. The Morgan fingerprint density at radius 2 is 1.89 bits per heavy atom. The summed E-state index contributed by atoms with van der Waals surface area (Å²) in [6.45, 7) is 8.00. The second-order valence-electron chi connectivity index (χ2n) is 4.71. The molecule has 0 spiro atoms. The van der Waals surface area contributed by atoms with Crippen LogP contribution in [0.4, 0.5) is 0 Å². The molecule has 1 aromatic rings. The van der Waals surface area contributed by atoms with E-state index in [0.717, 1.165) is 12.0 Å². The molecule has 0 aliphatic heterocycles. The number of carbonyl (C=O) groups is 1. The van der Waals surface area contributed by atoms with Crippen molar-refractivity contribution in [1.29, 1.82) is 0 Å². The molecular weight excluding hydrogens is 226 g/mol. The lowest BCUT2D eigenvalue weighted by Crippen LogP contribution is -2.45. The first-order chi connectivity index (χ1) is 8.54. The number of hydrogen-bond acceptors (Lipinski definition) is 3. The van der Waals surface area contributed by atoms with Crippen molar-refractivity contribution in [2.45, 2.75) is 52.2 Å². The quantitative estimate of drug-likeness (QED) is 0.811. The van der Waals surface area contributed by atoms with Gasteiger partial charge in [-0.05, 0) is 44.9 Å². The van der Waals surface area contributed by atoms with Crippen LogP contribution in [0.1, 0.15) is 45.7 Å². The van der Waals surface area contributed by atoms with Crippen molar-refractivity contribution in [2.75, 3.05) is 0 Å². The second kappa shape index (κ2) is 7.11. The summed E-state index contributed by atoms with van der Waals surface area (Å²) < 4.78 is 0. The predicted octanol–water partition coefficient (Wildman–Crippen LogP) is 2.04. The highest BCUT2D eigenvalue weighted by Gasteiger charge is 2.17. The standard InChI is InChI=1S/C14H23N3O/c1-5-10(2)16-14(18)12(4)17-11(3)13-6-8-15-9-7-13/h6-12,17H,5H2,1-4H3,(H,16,18). The Bertz CT molecular complexity index is 367. The summed E-state index contributed by atoms with van der Waals surface area (Å²) in [6.07, 6.45) is 4.47. The lowest BCUT2D eigenvalue weighted by atomic mass is 10.1. The van der Waals surface area contributed by atoms with E-state index in [1.54, 1.807) is 12.4 Å². The minimum absolute atomic E-state index is 0.0465. The van der Waals surface area contributed by atoms with Crippen molar-refractivity contribution in [3.8, 4) is 0 Å². The molecule has 0 aliphatic rings. The third kappa shape index (κ3) is 4.45. The maximum atomic E-state index is 11.9. The number of hydrogen-bond donors (Lipinski definition) is 2. The Labute approximate surface area is 109 Å². The Balaban J connectivity index is 2.49. The largest absolute Gasteiger partial charge is 0.352 e. The SMILES string of the molecule is CCC(C)NC(=O)C(C)NC(C)c1ccncc1. The summed E-state index contributed by atoms with van der Waals surface area (Å²) in [6, 6.07) is 4.05. The van der Waals surface area contributed by atoms with E-state index in [2.05, 4.69) is 22.5 Å². The molecule has 4 heteroatoms. The molecule has 18 heavy (non-hydrogen) atoms. The van der Waals surface area contributed by atoms with Gasteiger partial charge in [0.15, 0.2) is 0 Å². The molecular formula is C14H23N3O. The number of nitrogens with zero attached hydrogens (tertiary/aromatic N) is 1. The van der Waals surface area contributed by atoms with Crippen LogP contribution in [0.15, 0.2) is 24.5 Å². The summed E-state index contributed by atoms with van der Waals surface area (Å²) in [5.74, 6) is 0.0465. The number of nitrogens with one attached hydrogen (secondary N) is 2. The van der Waals surface area contributed by atoms with Gasteiger partial charge in [-0.25, -0.2) is 0 Å². The van der Waals surface area contributed by atoms with Crippen LogP contribution in [0.2, 0.25) is 0 Å². The zero-order valence-electron chi connectivity index (χ0n) is 11.6. The lowest BCUT2D eigenvalue weighted by molar-refractivity contribution is -0.123. The lowest BCUT2D eigenvalue weighted by Gasteiger charge is -2.21. The van der Waals surface area contributed by atoms with Gasteiger partial charge in [-0.3, -0.25) is 15.1 Å². The van der Waals surface area contributed by atoms with Gasteiger partial charge in [0, 0.05) is 24.5 Å². The molecule has 0 saturated carbocycles. The van der Waals surface area contributed by atoms with Crippen LogP contribution >= 0.6 is 0 Å². The average molecular weight is 249 g/mol. The Morgan fingerprint density at radius 1 is 1.28 bits per heavy atom. The first-order valence-corrected chi connectivity index (χ1v) is 6.51. The number of carbonyl (C=O) groups excluding carboxylic acids is 1. The Kier molecular flexibility index (Phi) is 5.78. The van der Waals surface area contributed by atoms with Crippen molar-refractivity contribution >= 4 is 5.91 Å². The summed E-state index contributed by atoms with van der Waals surface area (Å²) in [5.41, 5.74) is 1.13. The average Bonchev–Trinajstić information content (AvgIpc) is 2.39. The molecule has 1 amide bonds. The van der Waals surface area contributed by atoms with Crippen LogP contribution in [0, 0.1) is 0 Å². The van der Waals surface area contributed by atoms with Gasteiger partial charge in [0.1, 0.15) is 0 Å². The van der Waals surface area contributed by atoms with Crippen LogP contribution in [0.3, 0.4) is 0 Å². The minimum atomic E-state index is -0.206. The molecule has 0 aliphatic carbocycles. The normalized spacial score (nSPS) is 15.8. The highest BCUT2D eigenvalue weighted by atomic mass is 16.2. The molecule has 3 unspecified atom stereocenters. The fraction of sp³-hybridized carbons (Fsp3) is 0.571. The number of amides is 1. The summed E-state index contributed by atoms with van der Waals surface area (Å²) in [5, 5.41) is 6.26. The van der Waals surface area contributed by atoms with E-state index in [0.29, 0.717) is 0 Å². The van der Waals surface area contributed by atoms with Gasteiger partial charge in [0.25, 0.3) is 0 Å². The molecule has 100 valence electrons. The Hall–Kier alpha value is -1.42. The molecule has 0 bridgehead atoms. The van der Waals surface area contributed by atoms with Crippen molar-refractivity contribution in [1.82, 2.24) is 15.6 Å². The van der Waals surface area contributed by atoms with Crippen LogP contribution in [0.5, 0.6) is 0 Å². The van der Waals surface area contributed by atoms with Crippen LogP contribution in [0.25, 0.3) is 0 Å². The van der Waals surface area contributed by atoms with E-state index < -0.39 is 0 Å². The summed E-state index contributed by atoms with van der Waals surface area (Å²) in [4.78, 5) is 15.9. The van der Waals surface area contributed by atoms with Gasteiger partial charge in [-0.1, -0.05) is 6.92 Å². The molecule has 1 aromatic heterocycles. The third-order valence-corrected chi connectivity index (χ3v) is 3.10. The van der Waals surface area contributed by atoms with Crippen molar-refractivity contribution in [2.24, 2.45) is 0 Å². The monoisotopic (exact) mass is 249 g/mol. The molecule has 1 rings (SSSR count). The van der Waals surface area contributed by atoms with Crippen molar-refractivity contribution < 1.29 is 4.79 Å². The maximum absolute atomic E-state index is 11.9. The topological polar surface area (TPSA) is 54.0 Å². The van der Waals surface area contributed by atoms with E-state index in [-0.39, 0.29) is 24.0 Å². The zero-order valence-corrected chi connectivity index (χ0v) is 11.6. The maximum Gasteiger partial charge on any atom is 0.237 e. The van der Waals surface area contributed by atoms with E-state index >= 15 is 0 Å². The fourth-order valence-corrected chi connectivity index (χ4v) is 1.67. The molecule has 0 aromatic carbocycles. The summed E-state index contributed by atoms with van der Waals surface area (Å²) in [7, 11) is 0. The molecule has 2 N–H and O–H groups in total. The van der Waals surface area contributed by atoms with E-state index in [1.807, 2.05) is 32.9 Å². The van der Waals surface area contributed by atoms with Gasteiger partial charge >= 0.3 is 0 Å². The van der Waals surface area contributed by atoms with Gasteiger partial charge in [0.05, 0.1) is 6.04 Å². The van der Waals surface area contributed by atoms with Gasteiger partial charge < -0.3 is 5.32 Å². The fourth-order valence-electron chi connectivity index (χ4n) is 1.67. The highest BCUT2D eigenvalue weighted by Crippen LogP contribution is 2.11. The Morgan fingerprint density at radius 3 is 2.44 bits per heavy atom. The first-order valence-electron chi connectivity index (χ1n) is 6.51. The van der Waals surface area contributed by atoms with E-state index in [1.165, 1.54) is 0 Å². The van der Waals surface area contributed by atoms with Crippen LogP contribution in [-0.4, -0.2) is 23.0 Å². The van der Waals surface area contributed by atoms with Crippen LogP contribution in [-0.2, 0) is 4.79 Å². The van der Waals surface area contributed by atoms with Crippen LogP contribution < -0.4 is 10.6 Å². The second-order valence-corrected chi connectivity index (χ2v) is 4.71. The van der Waals surface area contributed by atoms with Crippen molar-refractivity contribution in [3.05, 3.63) is 30.1 Å². The van der Waals surface area contributed by atoms with E-state index in [4.69, 9.17) is 0 Å². The molecule has 3 atom stereocenters. The van der Waals surface area contributed by atoms with Crippen molar-refractivity contribution in [3.63, 3.8) is 0 Å². The van der Waals surface area contributed by atoms with E-state index in [9.17, 15) is 4.79 Å². The summed E-state index contributed by atoms with van der Waals surface area (Å²) >= 11 is 0. The molecule has 0 saturated heterocycles. The predicted molar refractivity (Wildman–Crippen MR) is 73.1 cm³/mol. The molecule has 4 nitrogen and oxygen atoms in total.